The van der Waals surface area contributed by atoms with Crippen LogP contribution in [0.1, 0.15) is 162 Å². The molecule has 0 aromatic carbocycles. The first-order chi connectivity index (χ1) is 15.0. The molecule has 0 aliphatic rings. The minimum Gasteiger partial charge on any atom is -0.481 e. The molecule has 0 amide bonds. The van der Waals surface area contributed by atoms with E-state index in [9.17, 15) is 15.0 Å². The zero-order valence-electron chi connectivity index (χ0n) is 21.4. The summed E-state index contributed by atoms with van der Waals surface area (Å²) in [5.74, 6) is -0.797. The van der Waals surface area contributed by atoms with Gasteiger partial charge in [0, 0.05) is 0 Å². The van der Waals surface area contributed by atoms with E-state index in [1.165, 1.54) is 103 Å². The van der Waals surface area contributed by atoms with E-state index in [1.54, 1.807) is 6.92 Å². The molecule has 0 aliphatic heterocycles. The normalized spacial score (nSPS) is 12.9. The second kappa shape index (κ2) is 21.3. The predicted octanol–water partition coefficient (Wildman–Crippen LogP) is 9.06. The maximum atomic E-state index is 12.1. The highest BCUT2D eigenvalue weighted by Crippen LogP contribution is 2.36. The first kappa shape index (κ1) is 30.4. The molecule has 1 unspecified atom stereocenters. The van der Waals surface area contributed by atoms with Crippen LogP contribution in [-0.2, 0) is 4.79 Å². The predicted molar refractivity (Wildman–Crippen MR) is 135 cm³/mol. The maximum absolute atomic E-state index is 12.1. The van der Waals surface area contributed by atoms with Gasteiger partial charge in [0.25, 0.3) is 0 Å². The average molecular weight is 441 g/mol. The zero-order chi connectivity index (χ0) is 23.2. The number of hydrogen-bond donors (Lipinski definition) is 2. The number of carboxylic acid groups (broad SMARTS) is 1. The van der Waals surface area contributed by atoms with Crippen molar-refractivity contribution in [2.24, 2.45) is 5.41 Å². The smallest absolute Gasteiger partial charge is 0.312 e. The number of rotatable bonds is 24. The summed E-state index contributed by atoms with van der Waals surface area (Å²) in [5.41, 5.74) is -0.944. The molecule has 0 radical (unpaired) electrons. The third-order valence-corrected chi connectivity index (χ3v) is 7.18. The van der Waals surface area contributed by atoms with Gasteiger partial charge in [0.2, 0.25) is 0 Å². The molecule has 1 atom stereocenters. The van der Waals surface area contributed by atoms with Gasteiger partial charge in [0.15, 0.2) is 0 Å². The SMILES string of the molecule is CCCCCCCCCCCCC(CCCCCCCCCCCC)(C(=O)O)C(C)O. The van der Waals surface area contributed by atoms with Crippen LogP contribution in [0.5, 0.6) is 0 Å². The van der Waals surface area contributed by atoms with Crippen LogP contribution in [0, 0.1) is 5.41 Å². The molecular weight excluding hydrogens is 384 g/mol. The van der Waals surface area contributed by atoms with Crippen molar-refractivity contribution in [2.45, 2.75) is 168 Å². The Morgan fingerprint density at radius 1 is 0.581 bits per heavy atom. The Morgan fingerprint density at radius 3 is 1.06 bits per heavy atom. The number of carbonyl (C=O) groups is 1. The monoisotopic (exact) mass is 440 g/mol. The van der Waals surface area contributed by atoms with Gasteiger partial charge in [-0.25, -0.2) is 0 Å². The van der Waals surface area contributed by atoms with E-state index >= 15 is 0 Å². The van der Waals surface area contributed by atoms with Crippen LogP contribution in [0.25, 0.3) is 0 Å². The topological polar surface area (TPSA) is 57.5 Å². The molecule has 0 aliphatic carbocycles. The minimum atomic E-state index is -0.944. The van der Waals surface area contributed by atoms with Gasteiger partial charge < -0.3 is 10.2 Å². The van der Waals surface area contributed by atoms with E-state index in [2.05, 4.69) is 13.8 Å². The second-order valence-electron chi connectivity index (χ2n) is 10.0. The fourth-order valence-corrected chi connectivity index (χ4v) is 4.79. The number of aliphatic hydroxyl groups is 1. The van der Waals surface area contributed by atoms with Crippen LogP contribution >= 0.6 is 0 Å². The van der Waals surface area contributed by atoms with Gasteiger partial charge in [-0.15, -0.1) is 0 Å². The van der Waals surface area contributed by atoms with Crippen molar-refractivity contribution in [1.29, 1.82) is 0 Å². The molecule has 186 valence electrons. The molecule has 0 saturated carbocycles. The lowest BCUT2D eigenvalue weighted by Crippen LogP contribution is -2.41. The van der Waals surface area contributed by atoms with Crippen molar-refractivity contribution in [2.75, 3.05) is 0 Å². The molecule has 0 fully saturated rings. The molecule has 3 heteroatoms. The van der Waals surface area contributed by atoms with Crippen molar-refractivity contribution in [3.8, 4) is 0 Å². The van der Waals surface area contributed by atoms with E-state index in [0.717, 1.165) is 25.7 Å². The fraction of sp³-hybridized carbons (Fsp3) is 0.964. The summed E-state index contributed by atoms with van der Waals surface area (Å²) in [7, 11) is 0. The quantitative estimate of drug-likeness (QED) is 0.147. The summed E-state index contributed by atoms with van der Waals surface area (Å²) < 4.78 is 0. The molecule has 0 saturated heterocycles. The summed E-state index contributed by atoms with van der Waals surface area (Å²) in [6.07, 6.45) is 25.5. The number of aliphatic hydroxyl groups excluding tert-OH is 1. The largest absolute Gasteiger partial charge is 0.481 e. The van der Waals surface area contributed by atoms with Gasteiger partial charge in [-0.05, 0) is 19.8 Å². The zero-order valence-corrected chi connectivity index (χ0v) is 21.4. The van der Waals surface area contributed by atoms with E-state index < -0.39 is 17.5 Å². The molecule has 0 aromatic heterocycles. The minimum absolute atomic E-state index is 0.619. The van der Waals surface area contributed by atoms with Crippen LogP contribution in [0.3, 0.4) is 0 Å². The Hall–Kier alpha value is -0.570. The lowest BCUT2D eigenvalue weighted by molar-refractivity contribution is -0.157. The van der Waals surface area contributed by atoms with Gasteiger partial charge in [0.1, 0.15) is 0 Å². The van der Waals surface area contributed by atoms with Gasteiger partial charge in [-0.1, -0.05) is 142 Å². The molecule has 0 bridgehead atoms. The summed E-state index contributed by atoms with van der Waals surface area (Å²) in [6, 6.07) is 0. The molecule has 3 nitrogen and oxygen atoms in total. The van der Waals surface area contributed by atoms with E-state index in [-0.39, 0.29) is 0 Å². The van der Waals surface area contributed by atoms with Crippen LogP contribution < -0.4 is 0 Å². The molecule has 0 spiro atoms. The van der Waals surface area contributed by atoms with Gasteiger partial charge in [-0.3, -0.25) is 4.79 Å². The van der Waals surface area contributed by atoms with Gasteiger partial charge in [0.05, 0.1) is 11.5 Å². The molecule has 31 heavy (non-hydrogen) atoms. The van der Waals surface area contributed by atoms with Gasteiger partial charge >= 0.3 is 5.97 Å². The Morgan fingerprint density at radius 2 is 0.839 bits per heavy atom. The van der Waals surface area contributed by atoms with E-state index in [4.69, 9.17) is 0 Å². The molecular formula is C28H56O3. The number of carboxylic acids is 1. The first-order valence-electron chi connectivity index (χ1n) is 13.9. The second-order valence-corrected chi connectivity index (χ2v) is 10.0. The van der Waals surface area contributed by atoms with Crippen molar-refractivity contribution in [3.63, 3.8) is 0 Å². The fourth-order valence-electron chi connectivity index (χ4n) is 4.79. The summed E-state index contributed by atoms with van der Waals surface area (Å²) in [4.78, 5) is 12.1. The lowest BCUT2D eigenvalue weighted by atomic mass is 9.74. The summed E-state index contributed by atoms with van der Waals surface area (Å²) in [5, 5.41) is 20.3. The Labute approximate surface area is 194 Å². The van der Waals surface area contributed by atoms with Gasteiger partial charge in [-0.2, -0.15) is 0 Å². The van der Waals surface area contributed by atoms with Crippen molar-refractivity contribution in [3.05, 3.63) is 0 Å². The van der Waals surface area contributed by atoms with Crippen molar-refractivity contribution >= 4 is 5.97 Å². The Bertz CT molecular complexity index is 368. The standard InChI is InChI=1S/C28H56O3/c1-4-6-8-10-12-14-16-18-20-22-24-28(26(3)29,27(30)31)25-23-21-19-17-15-13-11-9-7-5-2/h26,29H,4-25H2,1-3H3,(H,30,31). The molecule has 0 aromatic rings. The third-order valence-electron chi connectivity index (χ3n) is 7.18. The molecule has 2 N–H and O–H groups in total. The maximum Gasteiger partial charge on any atom is 0.312 e. The molecule has 0 rings (SSSR count). The number of unbranched alkanes of at least 4 members (excludes halogenated alkanes) is 18. The first-order valence-corrected chi connectivity index (χ1v) is 13.9. The highest BCUT2D eigenvalue weighted by atomic mass is 16.4. The van der Waals surface area contributed by atoms with Crippen LogP contribution in [-0.4, -0.2) is 22.3 Å². The van der Waals surface area contributed by atoms with Crippen molar-refractivity contribution < 1.29 is 15.0 Å². The van der Waals surface area contributed by atoms with E-state index in [0.29, 0.717) is 12.8 Å². The Balaban J connectivity index is 4.00. The number of hydrogen-bond acceptors (Lipinski definition) is 2. The number of aliphatic carboxylic acids is 1. The van der Waals surface area contributed by atoms with E-state index in [1.807, 2.05) is 0 Å². The third kappa shape index (κ3) is 15.8. The van der Waals surface area contributed by atoms with Crippen LogP contribution in [0.15, 0.2) is 0 Å². The van der Waals surface area contributed by atoms with Crippen LogP contribution in [0.4, 0.5) is 0 Å². The highest BCUT2D eigenvalue weighted by molar-refractivity contribution is 5.75. The average Bonchev–Trinajstić information content (AvgIpc) is 2.74. The van der Waals surface area contributed by atoms with Crippen molar-refractivity contribution in [1.82, 2.24) is 0 Å². The Kier molecular flexibility index (Phi) is 20.9. The summed E-state index contributed by atoms with van der Waals surface area (Å²) >= 11 is 0. The highest BCUT2D eigenvalue weighted by Gasteiger charge is 2.41. The lowest BCUT2D eigenvalue weighted by Gasteiger charge is -2.32. The summed E-state index contributed by atoms with van der Waals surface area (Å²) in [6.45, 7) is 6.18. The molecule has 0 heterocycles. The van der Waals surface area contributed by atoms with Crippen LogP contribution in [0.2, 0.25) is 0 Å².